The fraction of sp³-hybridized carbons (Fsp3) is 0.500. The lowest BCUT2D eigenvalue weighted by molar-refractivity contribution is -0.121. The molecule has 2 N–H and O–H groups in total. The van der Waals surface area contributed by atoms with Crippen LogP contribution in [0, 0.1) is 6.92 Å². The number of hydrogen-bond donors (Lipinski definition) is 2. The maximum Gasteiger partial charge on any atom is 0.221 e. The van der Waals surface area contributed by atoms with Crippen LogP contribution >= 0.6 is 0 Å². The summed E-state index contributed by atoms with van der Waals surface area (Å²) in [5.74, 6) is 0.170. The molecule has 3 heteroatoms. The minimum atomic E-state index is 0.170. The number of carbonyl (C=O) groups excluding carboxylic acids is 1. The molecule has 1 aliphatic rings. The van der Waals surface area contributed by atoms with Gasteiger partial charge in [0.2, 0.25) is 5.91 Å². The molecule has 1 atom stereocenters. The van der Waals surface area contributed by atoms with E-state index in [9.17, 15) is 4.79 Å². The predicted molar refractivity (Wildman–Crippen MR) is 68.7 cm³/mol. The molecule has 0 radical (unpaired) electrons. The molecule has 3 nitrogen and oxygen atoms in total. The Kier molecular flexibility index (Phi) is 4.15. The van der Waals surface area contributed by atoms with Crippen LogP contribution in [0.15, 0.2) is 24.3 Å². The van der Waals surface area contributed by atoms with E-state index in [0.29, 0.717) is 12.5 Å². The van der Waals surface area contributed by atoms with Gasteiger partial charge in [0, 0.05) is 25.6 Å². The van der Waals surface area contributed by atoms with Gasteiger partial charge in [0.15, 0.2) is 0 Å². The monoisotopic (exact) mass is 232 g/mol. The van der Waals surface area contributed by atoms with Gasteiger partial charge < -0.3 is 10.6 Å². The Hall–Kier alpha value is -1.35. The first kappa shape index (κ1) is 12.1. The van der Waals surface area contributed by atoms with Crippen molar-refractivity contribution in [3.05, 3.63) is 35.4 Å². The summed E-state index contributed by atoms with van der Waals surface area (Å²) in [7, 11) is 0. The number of benzene rings is 1. The fourth-order valence-corrected chi connectivity index (χ4v) is 2.12. The Balaban J connectivity index is 1.84. The van der Waals surface area contributed by atoms with E-state index in [1.165, 1.54) is 11.1 Å². The third kappa shape index (κ3) is 3.86. The molecule has 1 fully saturated rings. The summed E-state index contributed by atoms with van der Waals surface area (Å²) >= 11 is 0. The van der Waals surface area contributed by atoms with Crippen LogP contribution in [0.25, 0.3) is 0 Å². The number of carbonyl (C=O) groups is 1. The van der Waals surface area contributed by atoms with Crippen molar-refractivity contribution in [1.29, 1.82) is 0 Å². The normalized spacial score (nSPS) is 20.8. The van der Waals surface area contributed by atoms with Crippen LogP contribution in [0.4, 0.5) is 0 Å². The Labute approximate surface area is 103 Å². The molecule has 17 heavy (non-hydrogen) atoms. The van der Waals surface area contributed by atoms with Crippen molar-refractivity contribution in [3.8, 4) is 0 Å². The number of hydrogen-bond acceptors (Lipinski definition) is 2. The zero-order chi connectivity index (χ0) is 12.1. The van der Waals surface area contributed by atoms with Crippen molar-refractivity contribution >= 4 is 5.91 Å². The third-order valence-electron chi connectivity index (χ3n) is 3.20. The van der Waals surface area contributed by atoms with Crippen molar-refractivity contribution in [3.63, 3.8) is 0 Å². The zero-order valence-corrected chi connectivity index (χ0v) is 10.3. The highest BCUT2D eigenvalue weighted by Gasteiger charge is 2.16. The second-order valence-corrected chi connectivity index (χ2v) is 4.76. The number of nitrogens with one attached hydrogen (secondary N) is 2. The van der Waals surface area contributed by atoms with Gasteiger partial charge in [-0.3, -0.25) is 4.79 Å². The van der Waals surface area contributed by atoms with Gasteiger partial charge in [0.1, 0.15) is 0 Å². The predicted octanol–water partition coefficient (Wildman–Crippen LogP) is 1.75. The van der Waals surface area contributed by atoms with Crippen molar-refractivity contribution < 1.29 is 4.79 Å². The summed E-state index contributed by atoms with van der Waals surface area (Å²) in [5, 5.41) is 6.37. The topological polar surface area (TPSA) is 41.1 Å². The Morgan fingerprint density at radius 3 is 2.88 bits per heavy atom. The van der Waals surface area contributed by atoms with Crippen LogP contribution in [0.1, 0.15) is 30.4 Å². The molecule has 2 rings (SSSR count). The van der Waals surface area contributed by atoms with Crippen molar-refractivity contribution in [2.45, 2.75) is 38.8 Å². The van der Waals surface area contributed by atoms with Gasteiger partial charge in [-0.1, -0.05) is 29.8 Å². The van der Waals surface area contributed by atoms with Gasteiger partial charge >= 0.3 is 0 Å². The summed E-state index contributed by atoms with van der Waals surface area (Å²) < 4.78 is 0. The smallest absolute Gasteiger partial charge is 0.221 e. The molecule has 0 spiro atoms. The largest absolute Gasteiger partial charge is 0.356 e. The van der Waals surface area contributed by atoms with Gasteiger partial charge in [-0.15, -0.1) is 0 Å². The van der Waals surface area contributed by atoms with Crippen molar-refractivity contribution in [1.82, 2.24) is 10.6 Å². The van der Waals surface area contributed by atoms with Gasteiger partial charge in [-0.25, -0.2) is 0 Å². The summed E-state index contributed by atoms with van der Waals surface area (Å²) in [6.45, 7) is 3.76. The summed E-state index contributed by atoms with van der Waals surface area (Å²) in [5.41, 5.74) is 2.56. The van der Waals surface area contributed by atoms with Crippen LogP contribution in [0.5, 0.6) is 0 Å². The highest BCUT2D eigenvalue weighted by molar-refractivity contribution is 5.76. The van der Waals surface area contributed by atoms with Gasteiger partial charge in [-0.2, -0.15) is 0 Å². The highest BCUT2D eigenvalue weighted by Crippen LogP contribution is 2.08. The molecular weight excluding hydrogens is 212 g/mol. The van der Waals surface area contributed by atoms with Crippen LogP contribution < -0.4 is 10.6 Å². The SMILES string of the molecule is Cc1ccc(CNC2CCCNC(=O)C2)cc1. The van der Waals surface area contributed by atoms with E-state index in [0.717, 1.165) is 25.9 Å². The molecule has 92 valence electrons. The van der Waals surface area contributed by atoms with Crippen molar-refractivity contribution in [2.75, 3.05) is 6.54 Å². The molecule has 1 saturated heterocycles. The lowest BCUT2D eigenvalue weighted by Crippen LogP contribution is -2.32. The Bertz CT molecular complexity index is 372. The van der Waals surface area contributed by atoms with Gasteiger partial charge in [0.25, 0.3) is 0 Å². The number of amides is 1. The van der Waals surface area contributed by atoms with Gasteiger partial charge in [0.05, 0.1) is 0 Å². The average Bonchev–Trinajstić information content (AvgIpc) is 2.53. The third-order valence-corrected chi connectivity index (χ3v) is 3.20. The molecule has 0 aromatic heterocycles. The summed E-state index contributed by atoms with van der Waals surface area (Å²) in [4.78, 5) is 11.4. The first-order valence-corrected chi connectivity index (χ1v) is 6.29. The molecule has 1 amide bonds. The van der Waals surface area contributed by atoms with E-state index < -0.39 is 0 Å². The van der Waals surface area contributed by atoms with E-state index in [2.05, 4.69) is 41.8 Å². The van der Waals surface area contributed by atoms with E-state index in [1.54, 1.807) is 0 Å². The standard InChI is InChI=1S/C14H20N2O/c1-11-4-6-12(7-5-11)10-16-13-3-2-8-15-14(17)9-13/h4-7,13,16H,2-3,8-10H2,1H3,(H,15,17). The Morgan fingerprint density at radius 1 is 1.35 bits per heavy atom. The highest BCUT2D eigenvalue weighted by atomic mass is 16.1. The maximum absolute atomic E-state index is 11.4. The second kappa shape index (κ2) is 5.82. The molecule has 1 aromatic carbocycles. The summed E-state index contributed by atoms with van der Waals surface area (Å²) in [6.07, 6.45) is 2.74. The first-order valence-electron chi connectivity index (χ1n) is 6.29. The van der Waals surface area contributed by atoms with Crippen LogP contribution in [0.3, 0.4) is 0 Å². The van der Waals surface area contributed by atoms with Gasteiger partial charge in [-0.05, 0) is 25.3 Å². The van der Waals surface area contributed by atoms with Crippen molar-refractivity contribution in [2.24, 2.45) is 0 Å². The minimum Gasteiger partial charge on any atom is -0.356 e. The molecule has 0 aliphatic carbocycles. The van der Waals surface area contributed by atoms with Crippen LogP contribution in [-0.4, -0.2) is 18.5 Å². The Morgan fingerprint density at radius 2 is 2.12 bits per heavy atom. The second-order valence-electron chi connectivity index (χ2n) is 4.76. The van der Waals surface area contributed by atoms with E-state index in [4.69, 9.17) is 0 Å². The minimum absolute atomic E-state index is 0.170. The fourth-order valence-electron chi connectivity index (χ4n) is 2.12. The molecule has 1 aliphatic heterocycles. The number of aryl methyl sites for hydroxylation is 1. The maximum atomic E-state index is 11.4. The zero-order valence-electron chi connectivity index (χ0n) is 10.3. The molecule has 1 aromatic rings. The summed E-state index contributed by atoms with van der Waals surface area (Å²) in [6, 6.07) is 8.84. The van der Waals surface area contributed by atoms with Crippen LogP contribution in [-0.2, 0) is 11.3 Å². The molecule has 0 bridgehead atoms. The lowest BCUT2D eigenvalue weighted by Gasteiger charge is -2.15. The first-order chi connectivity index (χ1) is 8.24. The van der Waals surface area contributed by atoms with Crippen LogP contribution in [0.2, 0.25) is 0 Å². The van der Waals surface area contributed by atoms with E-state index >= 15 is 0 Å². The van der Waals surface area contributed by atoms with E-state index in [-0.39, 0.29) is 5.91 Å². The lowest BCUT2D eigenvalue weighted by atomic mass is 10.1. The molecular formula is C14H20N2O. The quantitative estimate of drug-likeness (QED) is 0.833. The molecule has 0 saturated carbocycles. The average molecular weight is 232 g/mol. The number of rotatable bonds is 3. The molecule has 1 heterocycles. The molecule has 1 unspecified atom stereocenters. The van der Waals surface area contributed by atoms with E-state index in [1.807, 2.05) is 0 Å².